The highest BCUT2D eigenvalue weighted by atomic mass is 32.2. The van der Waals surface area contributed by atoms with Gasteiger partial charge in [-0.3, -0.25) is 4.98 Å². The Kier molecular flexibility index (Phi) is 4.61. The molecule has 0 radical (unpaired) electrons. The Morgan fingerprint density at radius 2 is 2.00 bits per heavy atom. The molecule has 0 atom stereocenters. The number of aromatic nitrogens is 4. The van der Waals surface area contributed by atoms with Gasteiger partial charge in [0.05, 0.1) is 11.1 Å². The Morgan fingerprint density at radius 1 is 1.27 bits per heavy atom. The first-order valence-electron chi connectivity index (χ1n) is 7.48. The minimum atomic E-state index is -4.49. The van der Waals surface area contributed by atoms with Gasteiger partial charge in [0, 0.05) is 24.3 Å². The maximum Gasteiger partial charge on any atom is 0.417 e. The number of hydrogen-bond acceptors (Lipinski definition) is 5. The van der Waals surface area contributed by atoms with Crippen LogP contribution in [0.1, 0.15) is 22.8 Å². The van der Waals surface area contributed by atoms with Crippen molar-refractivity contribution < 1.29 is 23.1 Å². The molecule has 3 rings (SSSR count). The van der Waals surface area contributed by atoms with Crippen LogP contribution in [-0.2, 0) is 13.2 Å². The number of aryl methyl sites for hydroxylation is 1. The second kappa shape index (κ2) is 6.60. The van der Waals surface area contributed by atoms with Crippen molar-refractivity contribution in [1.82, 2.24) is 19.5 Å². The summed E-state index contributed by atoms with van der Waals surface area (Å²) in [7, 11) is 1.65. The van der Waals surface area contributed by atoms with Gasteiger partial charge in [-0.25, -0.2) is 14.8 Å². The number of halogens is 3. The molecule has 0 saturated heterocycles. The van der Waals surface area contributed by atoms with Crippen molar-refractivity contribution in [2.75, 3.05) is 5.75 Å². The van der Waals surface area contributed by atoms with Crippen LogP contribution in [0.15, 0.2) is 29.4 Å². The highest BCUT2D eigenvalue weighted by Gasteiger charge is 2.32. The van der Waals surface area contributed by atoms with Gasteiger partial charge < -0.3 is 9.67 Å². The molecule has 1 N–H and O–H groups in total. The number of carboxylic acid groups (broad SMARTS) is 1. The molecule has 0 fully saturated rings. The molecule has 0 spiro atoms. The van der Waals surface area contributed by atoms with Crippen LogP contribution in [0, 0.1) is 0 Å². The van der Waals surface area contributed by atoms with Crippen LogP contribution in [0.2, 0.25) is 0 Å². The van der Waals surface area contributed by atoms with Gasteiger partial charge >= 0.3 is 12.1 Å². The van der Waals surface area contributed by atoms with Gasteiger partial charge in [-0.05, 0) is 17.9 Å². The van der Waals surface area contributed by atoms with Gasteiger partial charge in [-0.1, -0.05) is 6.92 Å². The molecule has 3 aromatic heterocycles. The molecule has 136 valence electrons. The molecule has 0 saturated carbocycles. The van der Waals surface area contributed by atoms with E-state index in [0.717, 1.165) is 12.3 Å². The molecule has 10 heteroatoms. The van der Waals surface area contributed by atoms with Crippen molar-refractivity contribution in [1.29, 1.82) is 0 Å². The SMILES string of the molecule is CCSc1cc(C(F)(F)F)cnc1-c1nc2cc(C(=O)O)cnc2n1C. The fourth-order valence-electron chi connectivity index (χ4n) is 2.44. The number of thioether (sulfide) groups is 1. The monoisotopic (exact) mass is 382 g/mol. The predicted octanol–water partition coefficient (Wildman–Crippen LogP) is 3.86. The van der Waals surface area contributed by atoms with E-state index in [0.29, 0.717) is 33.3 Å². The number of alkyl halides is 3. The summed E-state index contributed by atoms with van der Waals surface area (Å²) in [5, 5.41) is 9.06. The molecule has 0 unspecified atom stereocenters. The average molecular weight is 382 g/mol. The minimum absolute atomic E-state index is 0.0225. The smallest absolute Gasteiger partial charge is 0.417 e. The fraction of sp³-hybridized carbons (Fsp3) is 0.250. The maximum atomic E-state index is 13.0. The molecule has 26 heavy (non-hydrogen) atoms. The molecule has 0 aliphatic carbocycles. The molecule has 6 nitrogen and oxygen atoms in total. The quantitative estimate of drug-likeness (QED) is 0.690. The van der Waals surface area contributed by atoms with E-state index in [1.807, 2.05) is 6.92 Å². The average Bonchev–Trinajstić information content (AvgIpc) is 2.90. The Hall–Kier alpha value is -2.62. The summed E-state index contributed by atoms with van der Waals surface area (Å²) in [5.74, 6) is -0.261. The Labute approximate surface area is 150 Å². The highest BCUT2D eigenvalue weighted by Crippen LogP contribution is 2.36. The molecule has 3 aromatic rings. The highest BCUT2D eigenvalue weighted by molar-refractivity contribution is 7.99. The topological polar surface area (TPSA) is 80.9 Å². The lowest BCUT2D eigenvalue weighted by atomic mass is 10.2. The number of carbonyl (C=O) groups is 1. The summed E-state index contributed by atoms with van der Waals surface area (Å²) in [6, 6.07) is 2.41. The van der Waals surface area contributed by atoms with Crippen LogP contribution in [0.25, 0.3) is 22.7 Å². The molecule has 0 aliphatic rings. The lowest BCUT2D eigenvalue weighted by molar-refractivity contribution is -0.138. The molecule has 0 amide bonds. The number of rotatable bonds is 4. The van der Waals surface area contributed by atoms with E-state index >= 15 is 0 Å². The third kappa shape index (κ3) is 3.24. The molecule has 0 bridgehead atoms. The van der Waals surface area contributed by atoms with Crippen LogP contribution < -0.4 is 0 Å². The second-order valence-corrected chi connectivity index (χ2v) is 6.67. The fourth-order valence-corrected chi connectivity index (χ4v) is 3.24. The lowest BCUT2D eigenvalue weighted by Gasteiger charge is -2.11. The van der Waals surface area contributed by atoms with Crippen molar-refractivity contribution >= 4 is 28.9 Å². The van der Waals surface area contributed by atoms with Crippen molar-refractivity contribution in [2.45, 2.75) is 18.0 Å². The Bertz CT molecular complexity index is 1000. The van der Waals surface area contributed by atoms with Gasteiger partial charge in [0.2, 0.25) is 0 Å². The maximum absolute atomic E-state index is 13.0. The zero-order valence-corrected chi connectivity index (χ0v) is 14.5. The number of pyridine rings is 2. The molecular formula is C16H13F3N4O2S. The first-order valence-corrected chi connectivity index (χ1v) is 8.47. The van der Waals surface area contributed by atoms with E-state index in [2.05, 4.69) is 15.0 Å². The van der Waals surface area contributed by atoms with Crippen LogP contribution in [0.4, 0.5) is 13.2 Å². The summed E-state index contributed by atoms with van der Waals surface area (Å²) in [4.78, 5) is 23.8. The zero-order chi connectivity index (χ0) is 19.1. The Morgan fingerprint density at radius 3 is 2.62 bits per heavy atom. The normalized spacial score (nSPS) is 11.9. The summed E-state index contributed by atoms with van der Waals surface area (Å²) >= 11 is 1.22. The number of aromatic carboxylic acids is 1. The summed E-state index contributed by atoms with van der Waals surface area (Å²) in [5.41, 5.74) is 0.186. The van der Waals surface area contributed by atoms with E-state index in [1.165, 1.54) is 24.0 Å². The first-order chi connectivity index (χ1) is 12.2. The minimum Gasteiger partial charge on any atom is -0.478 e. The molecule has 3 heterocycles. The lowest BCUT2D eigenvalue weighted by Crippen LogP contribution is -2.07. The number of imidazole rings is 1. The molecular weight excluding hydrogens is 369 g/mol. The second-order valence-electron chi connectivity index (χ2n) is 5.37. The third-order valence-corrected chi connectivity index (χ3v) is 4.56. The van der Waals surface area contributed by atoms with Crippen LogP contribution in [0.3, 0.4) is 0 Å². The zero-order valence-electron chi connectivity index (χ0n) is 13.7. The molecule has 0 aliphatic heterocycles. The predicted molar refractivity (Wildman–Crippen MR) is 90.1 cm³/mol. The van der Waals surface area contributed by atoms with Crippen LogP contribution >= 0.6 is 11.8 Å². The van der Waals surface area contributed by atoms with E-state index < -0.39 is 17.7 Å². The first kappa shape index (κ1) is 18.2. The van der Waals surface area contributed by atoms with Crippen molar-refractivity contribution in [3.63, 3.8) is 0 Å². The number of carboxylic acids is 1. The van der Waals surface area contributed by atoms with Crippen LogP contribution in [0.5, 0.6) is 0 Å². The van der Waals surface area contributed by atoms with Gasteiger partial charge in [0.15, 0.2) is 11.5 Å². The summed E-state index contributed by atoms with van der Waals surface area (Å²) in [6.07, 6.45) is -2.51. The molecule has 0 aromatic carbocycles. The summed E-state index contributed by atoms with van der Waals surface area (Å²) in [6.45, 7) is 1.82. The van der Waals surface area contributed by atoms with E-state index in [-0.39, 0.29) is 5.56 Å². The van der Waals surface area contributed by atoms with E-state index in [9.17, 15) is 18.0 Å². The van der Waals surface area contributed by atoms with Crippen LogP contribution in [-0.4, -0.2) is 36.3 Å². The largest absolute Gasteiger partial charge is 0.478 e. The standard InChI is InChI=1S/C16H13F3N4O2S/c1-3-26-11-5-9(16(17,18)19)7-20-12(11)14-22-10-4-8(15(24)25)6-21-13(10)23(14)2/h4-7H,3H2,1-2H3,(H,24,25). The van der Waals surface area contributed by atoms with Gasteiger partial charge in [-0.2, -0.15) is 13.2 Å². The van der Waals surface area contributed by atoms with Crippen molar-refractivity contribution in [3.8, 4) is 11.5 Å². The number of fused-ring (bicyclic) bond motifs is 1. The number of hydrogen-bond donors (Lipinski definition) is 1. The third-order valence-electron chi connectivity index (χ3n) is 3.65. The van der Waals surface area contributed by atoms with Gasteiger partial charge in [0.25, 0.3) is 0 Å². The van der Waals surface area contributed by atoms with E-state index in [1.54, 1.807) is 11.6 Å². The van der Waals surface area contributed by atoms with Crippen molar-refractivity contribution in [2.24, 2.45) is 7.05 Å². The number of nitrogens with zero attached hydrogens (tertiary/aromatic N) is 4. The summed E-state index contributed by atoms with van der Waals surface area (Å²) < 4.78 is 40.5. The van der Waals surface area contributed by atoms with Crippen molar-refractivity contribution in [3.05, 3.63) is 35.7 Å². The van der Waals surface area contributed by atoms with Gasteiger partial charge in [0.1, 0.15) is 11.2 Å². The Balaban J connectivity index is 2.19. The van der Waals surface area contributed by atoms with E-state index in [4.69, 9.17) is 5.11 Å². The van der Waals surface area contributed by atoms with Gasteiger partial charge in [-0.15, -0.1) is 11.8 Å².